The standard InChI is InChI=1S/C19H28N2O4.ClH/c20-18(15-7-11-24-12-8-15)19(22)21-16-1-3-17(4-2-16)25-13-14-5-9-23-10-6-14;/h1-4,14-15,18H,5-13,20H2,(H,21,22);1H. The number of halogens is 1. The Labute approximate surface area is 161 Å². The van der Waals surface area contributed by atoms with E-state index in [2.05, 4.69) is 5.32 Å². The summed E-state index contributed by atoms with van der Waals surface area (Å²) in [6, 6.07) is 6.99. The number of benzene rings is 1. The summed E-state index contributed by atoms with van der Waals surface area (Å²) in [5.41, 5.74) is 6.84. The van der Waals surface area contributed by atoms with Gasteiger partial charge in [0, 0.05) is 32.1 Å². The molecule has 146 valence electrons. The Balaban J connectivity index is 0.00000243. The third-order valence-corrected chi connectivity index (χ3v) is 5.03. The molecule has 2 saturated heterocycles. The van der Waals surface area contributed by atoms with Gasteiger partial charge >= 0.3 is 0 Å². The number of carbonyl (C=O) groups excluding carboxylic acids is 1. The molecule has 2 aliphatic heterocycles. The van der Waals surface area contributed by atoms with Crippen molar-refractivity contribution in [2.24, 2.45) is 17.6 Å². The van der Waals surface area contributed by atoms with Crippen LogP contribution >= 0.6 is 12.4 Å². The Kier molecular flexibility index (Phi) is 8.65. The molecular weight excluding hydrogens is 356 g/mol. The number of ether oxygens (including phenoxy) is 3. The molecule has 1 aromatic carbocycles. The lowest BCUT2D eigenvalue weighted by Crippen LogP contribution is -2.43. The molecule has 2 fully saturated rings. The van der Waals surface area contributed by atoms with E-state index in [0.717, 1.165) is 50.3 Å². The molecule has 1 aromatic rings. The molecule has 0 spiro atoms. The van der Waals surface area contributed by atoms with Crippen LogP contribution in [-0.2, 0) is 14.3 Å². The van der Waals surface area contributed by atoms with Crippen molar-refractivity contribution in [2.45, 2.75) is 31.7 Å². The first-order chi connectivity index (χ1) is 12.2. The van der Waals surface area contributed by atoms with Crippen LogP contribution in [0.3, 0.4) is 0 Å². The van der Waals surface area contributed by atoms with Crippen molar-refractivity contribution in [3.8, 4) is 5.75 Å². The molecule has 1 amide bonds. The number of anilines is 1. The van der Waals surface area contributed by atoms with Gasteiger partial charge in [-0.2, -0.15) is 0 Å². The second-order valence-corrected chi connectivity index (χ2v) is 6.86. The fourth-order valence-corrected chi connectivity index (χ4v) is 3.28. The Bertz CT molecular complexity index is 543. The number of nitrogens with one attached hydrogen (secondary N) is 1. The highest BCUT2D eigenvalue weighted by Gasteiger charge is 2.26. The average Bonchev–Trinajstić information content (AvgIpc) is 2.68. The van der Waals surface area contributed by atoms with Crippen LogP contribution in [0.25, 0.3) is 0 Å². The van der Waals surface area contributed by atoms with Gasteiger partial charge in [-0.05, 0) is 61.8 Å². The normalized spacial score (nSPS) is 20.0. The van der Waals surface area contributed by atoms with Crippen LogP contribution in [0.2, 0.25) is 0 Å². The summed E-state index contributed by atoms with van der Waals surface area (Å²) in [6.45, 7) is 3.73. The molecule has 0 bridgehead atoms. The maximum absolute atomic E-state index is 12.3. The molecule has 0 saturated carbocycles. The summed E-state index contributed by atoms with van der Waals surface area (Å²) in [7, 11) is 0. The maximum Gasteiger partial charge on any atom is 0.241 e. The molecule has 1 unspecified atom stereocenters. The number of hydrogen-bond donors (Lipinski definition) is 2. The summed E-state index contributed by atoms with van der Waals surface area (Å²) in [5, 5.41) is 2.89. The highest BCUT2D eigenvalue weighted by atomic mass is 35.5. The van der Waals surface area contributed by atoms with E-state index in [1.54, 1.807) is 0 Å². The zero-order valence-corrected chi connectivity index (χ0v) is 15.8. The predicted molar refractivity (Wildman–Crippen MR) is 103 cm³/mol. The van der Waals surface area contributed by atoms with Crippen molar-refractivity contribution in [3.05, 3.63) is 24.3 Å². The molecule has 0 radical (unpaired) electrons. The van der Waals surface area contributed by atoms with E-state index >= 15 is 0 Å². The van der Waals surface area contributed by atoms with E-state index < -0.39 is 6.04 Å². The first-order valence-electron chi connectivity index (χ1n) is 9.17. The molecule has 0 aliphatic carbocycles. The molecular formula is C19H29ClN2O4. The minimum Gasteiger partial charge on any atom is -0.493 e. The number of rotatable bonds is 6. The van der Waals surface area contributed by atoms with Crippen molar-refractivity contribution in [2.75, 3.05) is 38.4 Å². The smallest absolute Gasteiger partial charge is 0.241 e. The summed E-state index contributed by atoms with van der Waals surface area (Å²) in [5.74, 6) is 1.43. The van der Waals surface area contributed by atoms with E-state index in [-0.39, 0.29) is 24.2 Å². The molecule has 7 heteroatoms. The minimum absolute atomic E-state index is 0. The molecule has 0 aromatic heterocycles. The van der Waals surface area contributed by atoms with Crippen molar-refractivity contribution in [1.82, 2.24) is 0 Å². The van der Waals surface area contributed by atoms with Gasteiger partial charge in [0.1, 0.15) is 5.75 Å². The topological polar surface area (TPSA) is 82.8 Å². The third kappa shape index (κ3) is 6.13. The van der Waals surface area contributed by atoms with Crippen molar-refractivity contribution >= 4 is 24.0 Å². The molecule has 2 aliphatic rings. The van der Waals surface area contributed by atoms with Crippen LogP contribution in [0.4, 0.5) is 5.69 Å². The van der Waals surface area contributed by atoms with Crippen LogP contribution in [0, 0.1) is 11.8 Å². The summed E-state index contributed by atoms with van der Waals surface area (Å²) in [4.78, 5) is 12.3. The van der Waals surface area contributed by atoms with Crippen LogP contribution in [0.15, 0.2) is 24.3 Å². The van der Waals surface area contributed by atoms with Crippen LogP contribution < -0.4 is 15.8 Å². The monoisotopic (exact) mass is 384 g/mol. The Morgan fingerprint density at radius 1 is 1.08 bits per heavy atom. The molecule has 26 heavy (non-hydrogen) atoms. The molecule has 3 rings (SSSR count). The van der Waals surface area contributed by atoms with Crippen molar-refractivity contribution in [1.29, 1.82) is 0 Å². The minimum atomic E-state index is -0.492. The van der Waals surface area contributed by atoms with E-state index in [1.165, 1.54) is 0 Å². The number of carbonyl (C=O) groups is 1. The van der Waals surface area contributed by atoms with Crippen LogP contribution in [-0.4, -0.2) is 45.0 Å². The summed E-state index contributed by atoms with van der Waals surface area (Å²) < 4.78 is 16.5. The SMILES string of the molecule is Cl.NC(C(=O)Nc1ccc(OCC2CCOCC2)cc1)C1CCOCC1. The quantitative estimate of drug-likeness (QED) is 0.787. The Morgan fingerprint density at radius 3 is 2.27 bits per heavy atom. The van der Waals surface area contributed by atoms with Gasteiger partial charge in [-0.25, -0.2) is 0 Å². The van der Waals surface area contributed by atoms with E-state index in [0.29, 0.717) is 25.7 Å². The van der Waals surface area contributed by atoms with Gasteiger partial charge in [-0.3, -0.25) is 4.79 Å². The fourth-order valence-electron chi connectivity index (χ4n) is 3.28. The van der Waals surface area contributed by atoms with Gasteiger partial charge in [0.05, 0.1) is 12.6 Å². The molecule has 6 nitrogen and oxygen atoms in total. The molecule has 3 N–H and O–H groups in total. The zero-order chi connectivity index (χ0) is 17.5. The van der Waals surface area contributed by atoms with Crippen molar-refractivity contribution in [3.63, 3.8) is 0 Å². The van der Waals surface area contributed by atoms with Crippen LogP contribution in [0.5, 0.6) is 5.75 Å². The Hall–Kier alpha value is -1.34. The number of amides is 1. The van der Waals surface area contributed by atoms with Crippen LogP contribution in [0.1, 0.15) is 25.7 Å². The first-order valence-corrected chi connectivity index (χ1v) is 9.17. The lowest BCUT2D eigenvalue weighted by atomic mass is 9.92. The highest BCUT2D eigenvalue weighted by molar-refractivity contribution is 5.94. The third-order valence-electron chi connectivity index (χ3n) is 5.03. The lowest BCUT2D eigenvalue weighted by molar-refractivity contribution is -0.119. The van der Waals surface area contributed by atoms with Crippen molar-refractivity contribution < 1.29 is 19.0 Å². The predicted octanol–water partition coefficient (Wildman–Crippen LogP) is 2.61. The van der Waals surface area contributed by atoms with Gasteiger partial charge in [0.15, 0.2) is 0 Å². The second kappa shape index (κ2) is 10.7. The van der Waals surface area contributed by atoms with Gasteiger partial charge in [-0.15, -0.1) is 12.4 Å². The summed E-state index contributed by atoms with van der Waals surface area (Å²) >= 11 is 0. The number of hydrogen-bond acceptors (Lipinski definition) is 5. The summed E-state index contributed by atoms with van der Waals surface area (Å²) in [6.07, 6.45) is 3.79. The van der Waals surface area contributed by atoms with Gasteiger partial charge in [0.25, 0.3) is 0 Å². The van der Waals surface area contributed by atoms with Gasteiger partial charge in [-0.1, -0.05) is 0 Å². The first kappa shape index (κ1) is 21.0. The van der Waals surface area contributed by atoms with E-state index in [4.69, 9.17) is 19.9 Å². The second-order valence-electron chi connectivity index (χ2n) is 6.86. The maximum atomic E-state index is 12.3. The number of nitrogens with two attached hydrogens (primary N) is 1. The molecule has 1 atom stereocenters. The Morgan fingerprint density at radius 2 is 1.65 bits per heavy atom. The van der Waals surface area contributed by atoms with E-state index in [9.17, 15) is 4.79 Å². The van der Waals surface area contributed by atoms with Gasteiger partial charge in [0.2, 0.25) is 5.91 Å². The largest absolute Gasteiger partial charge is 0.493 e. The van der Waals surface area contributed by atoms with Gasteiger partial charge < -0.3 is 25.3 Å². The molecule has 2 heterocycles. The lowest BCUT2D eigenvalue weighted by Gasteiger charge is -2.26. The fraction of sp³-hybridized carbons (Fsp3) is 0.632. The van der Waals surface area contributed by atoms with E-state index in [1.807, 2.05) is 24.3 Å². The highest BCUT2D eigenvalue weighted by Crippen LogP contribution is 2.21. The zero-order valence-electron chi connectivity index (χ0n) is 15.0. The average molecular weight is 385 g/mol.